The molecule has 0 spiro atoms. The van der Waals surface area contributed by atoms with Crippen molar-refractivity contribution in [1.29, 1.82) is 0 Å². The molecule has 1 aliphatic rings. The maximum Gasteiger partial charge on any atom is 0.261 e. The summed E-state index contributed by atoms with van der Waals surface area (Å²) in [5.41, 5.74) is 3.11. The molecule has 5 nitrogen and oxygen atoms in total. The fourth-order valence-corrected chi connectivity index (χ4v) is 3.21. The van der Waals surface area contributed by atoms with Gasteiger partial charge in [0.05, 0.1) is 23.4 Å². The third kappa shape index (κ3) is 2.59. The molecule has 0 fully saturated rings. The van der Waals surface area contributed by atoms with Gasteiger partial charge in [0.2, 0.25) is 0 Å². The second-order valence-corrected chi connectivity index (χ2v) is 6.74. The average Bonchev–Trinajstić information content (AvgIpc) is 3.10. The van der Waals surface area contributed by atoms with Crippen molar-refractivity contribution in [2.75, 3.05) is 0 Å². The van der Waals surface area contributed by atoms with Gasteiger partial charge in [-0.3, -0.25) is 14.5 Å². The summed E-state index contributed by atoms with van der Waals surface area (Å²) in [6, 6.07) is 14.5. The Morgan fingerprint density at radius 2 is 1.60 bits per heavy atom. The van der Waals surface area contributed by atoms with Crippen LogP contribution in [0.25, 0.3) is 11.3 Å². The molecule has 0 radical (unpaired) electrons. The molecule has 0 saturated heterocycles. The van der Waals surface area contributed by atoms with Crippen LogP contribution >= 0.6 is 15.9 Å². The number of hydrogen-bond acceptors (Lipinski definition) is 4. The predicted octanol–water partition coefficient (Wildman–Crippen LogP) is 4.21. The van der Waals surface area contributed by atoms with Gasteiger partial charge in [0.15, 0.2) is 5.76 Å². The number of aromatic nitrogens is 1. The Balaban J connectivity index is 1.71. The van der Waals surface area contributed by atoms with Crippen molar-refractivity contribution in [3.63, 3.8) is 0 Å². The van der Waals surface area contributed by atoms with Gasteiger partial charge in [-0.1, -0.05) is 45.4 Å². The maximum atomic E-state index is 12.6. The van der Waals surface area contributed by atoms with Crippen LogP contribution in [0.3, 0.4) is 0 Å². The standard InChI is InChI=1S/C19H13BrN2O3/c1-11-16(17(25-21-11)12-6-8-13(20)9-7-12)10-22-18(23)14-4-2-3-5-15(14)19(22)24/h2-9H,10H2,1H3. The Hall–Kier alpha value is -2.73. The molecule has 0 atom stereocenters. The molecule has 1 aromatic heterocycles. The Bertz CT molecular complexity index is 957. The monoisotopic (exact) mass is 396 g/mol. The van der Waals surface area contributed by atoms with Crippen LogP contribution in [0.15, 0.2) is 57.5 Å². The highest BCUT2D eigenvalue weighted by atomic mass is 79.9. The first-order valence-corrected chi connectivity index (χ1v) is 8.52. The van der Waals surface area contributed by atoms with Crippen LogP contribution in [0.5, 0.6) is 0 Å². The highest BCUT2D eigenvalue weighted by Gasteiger charge is 2.36. The third-order valence-electron chi connectivity index (χ3n) is 4.29. The number of benzene rings is 2. The second-order valence-electron chi connectivity index (χ2n) is 5.82. The molecule has 0 bridgehead atoms. The fraction of sp³-hybridized carbons (Fsp3) is 0.105. The van der Waals surface area contributed by atoms with Gasteiger partial charge in [-0.25, -0.2) is 0 Å². The van der Waals surface area contributed by atoms with Crippen LogP contribution < -0.4 is 0 Å². The molecule has 2 amide bonds. The zero-order valence-electron chi connectivity index (χ0n) is 13.3. The Morgan fingerprint density at radius 1 is 1.00 bits per heavy atom. The minimum atomic E-state index is -0.289. The third-order valence-corrected chi connectivity index (χ3v) is 4.81. The van der Waals surface area contributed by atoms with Gasteiger partial charge in [-0.15, -0.1) is 0 Å². The number of halogens is 1. The lowest BCUT2D eigenvalue weighted by Crippen LogP contribution is -2.29. The van der Waals surface area contributed by atoms with E-state index in [1.807, 2.05) is 24.3 Å². The van der Waals surface area contributed by atoms with Crippen molar-refractivity contribution in [2.45, 2.75) is 13.5 Å². The predicted molar refractivity (Wildman–Crippen MR) is 95.0 cm³/mol. The van der Waals surface area contributed by atoms with Crippen molar-refractivity contribution in [1.82, 2.24) is 10.1 Å². The molecule has 0 aliphatic carbocycles. The van der Waals surface area contributed by atoms with Crippen LogP contribution in [-0.2, 0) is 6.54 Å². The molecule has 2 aromatic carbocycles. The molecule has 1 aliphatic heterocycles. The number of rotatable bonds is 3. The molecule has 0 saturated carbocycles. The van der Waals surface area contributed by atoms with E-state index in [0.717, 1.165) is 15.6 Å². The average molecular weight is 397 g/mol. The van der Waals surface area contributed by atoms with Gasteiger partial charge in [-0.05, 0) is 31.2 Å². The van der Waals surface area contributed by atoms with Crippen molar-refractivity contribution in [3.05, 3.63) is 75.4 Å². The Kier molecular flexibility index (Phi) is 3.77. The van der Waals surface area contributed by atoms with Crippen LogP contribution in [-0.4, -0.2) is 21.9 Å². The lowest BCUT2D eigenvalue weighted by molar-refractivity contribution is 0.0642. The van der Waals surface area contributed by atoms with Crippen molar-refractivity contribution < 1.29 is 14.1 Å². The summed E-state index contributed by atoms with van der Waals surface area (Å²) in [5.74, 6) is -0.00697. The van der Waals surface area contributed by atoms with E-state index in [0.29, 0.717) is 22.6 Å². The first-order valence-electron chi connectivity index (χ1n) is 7.72. The number of imide groups is 1. The zero-order chi connectivity index (χ0) is 17.6. The zero-order valence-corrected chi connectivity index (χ0v) is 14.9. The van der Waals surface area contributed by atoms with E-state index in [2.05, 4.69) is 21.1 Å². The van der Waals surface area contributed by atoms with Crippen molar-refractivity contribution in [3.8, 4) is 11.3 Å². The van der Waals surface area contributed by atoms with Gasteiger partial charge < -0.3 is 4.52 Å². The number of nitrogens with zero attached hydrogens (tertiary/aromatic N) is 2. The van der Waals surface area contributed by atoms with Gasteiger partial charge in [0.1, 0.15) is 0 Å². The topological polar surface area (TPSA) is 63.4 Å². The normalized spacial score (nSPS) is 13.4. The smallest absolute Gasteiger partial charge is 0.261 e. The summed E-state index contributed by atoms with van der Waals surface area (Å²) in [4.78, 5) is 26.4. The lowest BCUT2D eigenvalue weighted by Gasteiger charge is -2.14. The van der Waals surface area contributed by atoms with E-state index >= 15 is 0 Å². The second kappa shape index (κ2) is 5.97. The molecular formula is C19H13BrN2O3. The molecule has 3 aromatic rings. The minimum absolute atomic E-state index is 0.132. The largest absolute Gasteiger partial charge is 0.356 e. The molecular weight excluding hydrogens is 384 g/mol. The SMILES string of the molecule is Cc1noc(-c2ccc(Br)cc2)c1CN1C(=O)c2ccccc2C1=O. The van der Waals surface area contributed by atoms with E-state index in [1.165, 1.54) is 4.90 Å². The highest BCUT2D eigenvalue weighted by molar-refractivity contribution is 9.10. The maximum absolute atomic E-state index is 12.6. The van der Waals surface area contributed by atoms with Crippen LogP contribution in [0.1, 0.15) is 32.0 Å². The summed E-state index contributed by atoms with van der Waals surface area (Å²) in [7, 11) is 0. The number of amides is 2. The number of hydrogen-bond donors (Lipinski definition) is 0. The molecule has 124 valence electrons. The van der Waals surface area contributed by atoms with Gasteiger partial charge in [-0.2, -0.15) is 0 Å². The molecule has 2 heterocycles. The van der Waals surface area contributed by atoms with Crippen LogP contribution in [0, 0.1) is 6.92 Å². The van der Waals surface area contributed by atoms with Gasteiger partial charge in [0.25, 0.3) is 11.8 Å². The summed E-state index contributed by atoms with van der Waals surface area (Å²) in [5, 5.41) is 4.02. The fourth-order valence-electron chi connectivity index (χ4n) is 2.94. The molecule has 25 heavy (non-hydrogen) atoms. The summed E-state index contributed by atoms with van der Waals surface area (Å²) < 4.78 is 6.42. The summed E-state index contributed by atoms with van der Waals surface area (Å²) in [6.07, 6.45) is 0. The quantitative estimate of drug-likeness (QED) is 0.622. The molecule has 4 rings (SSSR count). The number of aryl methyl sites for hydroxylation is 1. The van der Waals surface area contributed by atoms with E-state index < -0.39 is 0 Å². The highest BCUT2D eigenvalue weighted by Crippen LogP contribution is 2.31. The summed E-state index contributed by atoms with van der Waals surface area (Å²) >= 11 is 3.40. The van der Waals surface area contributed by atoms with Gasteiger partial charge >= 0.3 is 0 Å². The number of carbonyl (C=O) groups is 2. The molecule has 0 N–H and O–H groups in total. The molecule has 6 heteroatoms. The number of carbonyl (C=O) groups excluding carboxylic acids is 2. The molecule has 0 unspecified atom stereocenters. The number of fused-ring (bicyclic) bond motifs is 1. The van der Waals surface area contributed by atoms with E-state index in [4.69, 9.17) is 4.52 Å². The first kappa shape index (κ1) is 15.8. The van der Waals surface area contributed by atoms with E-state index in [-0.39, 0.29) is 18.4 Å². The lowest BCUT2D eigenvalue weighted by atomic mass is 10.1. The van der Waals surface area contributed by atoms with Crippen LogP contribution in [0.2, 0.25) is 0 Å². The van der Waals surface area contributed by atoms with Crippen molar-refractivity contribution >= 4 is 27.7 Å². The van der Waals surface area contributed by atoms with E-state index in [1.54, 1.807) is 31.2 Å². The first-order chi connectivity index (χ1) is 12.1. The minimum Gasteiger partial charge on any atom is -0.356 e. The Labute approximate surface area is 152 Å². The van der Waals surface area contributed by atoms with Crippen LogP contribution in [0.4, 0.5) is 0 Å². The Morgan fingerprint density at radius 3 is 2.20 bits per heavy atom. The van der Waals surface area contributed by atoms with Crippen molar-refractivity contribution in [2.24, 2.45) is 0 Å². The summed E-state index contributed by atoms with van der Waals surface area (Å²) in [6.45, 7) is 1.94. The van der Waals surface area contributed by atoms with Gasteiger partial charge in [0, 0.05) is 15.6 Å². The van der Waals surface area contributed by atoms with E-state index in [9.17, 15) is 9.59 Å².